The largest absolute Gasteiger partial charge is 0.351 e. The number of nitrogens with one attached hydrogen (secondary N) is 3. The predicted octanol–water partition coefficient (Wildman–Crippen LogP) is -0.0290. The van der Waals surface area contributed by atoms with Crippen molar-refractivity contribution in [2.24, 2.45) is 0 Å². The van der Waals surface area contributed by atoms with Crippen molar-refractivity contribution in [1.82, 2.24) is 25.5 Å². The molecule has 0 aromatic carbocycles. The van der Waals surface area contributed by atoms with Crippen LogP contribution in [0.25, 0.3) is 0 Å². The van der Waals surface area contributed by atoms with Crippen LogP contribution in [0.1, 0.15) is 16.3 Å². The van der Waals surface area contributed by atoms with Crippen molar-refractivity contribution in [2.75, 3.05) is 0 Å². The molecule has 2 aromatic rings. The standard InChI is InChI=1S/C8H8N6O3/c15-8(10-3-7-11-4-12-13-7)6-1-5(2-9-6)14(16)17/h1-2,4,9H,3H2,(H,10,15)(H,11,12,13). The summed E-state index contributed by atoms with van der Waals surface area (Å²) >= 11 is 0. The van der Waals surface area contributed by atoms with Gasteiger partial charge in [0.15, 0.2) is 0 Å². The van der Waals surface area contributed by atoms with Gasteiger partial charge in [0.25, 0.3) is 11.6 Å². The molecule has 2 heterocycles. The van der Waals surface area contributed by atoms with E-state index in [4.69, 9.17) is 0 Å². The second kappa shape index (κ2) is 4.43. The number of amides is 1. The maximum absolute atomic E-state index is 11.5. The molecule has 0 aliphatic heterocycles. The maximum atomic E-state index is 11.5. The van der Waals surface area contributed by atoms with Crippen molar-refractivity contribution in [3.63, 3.8) is 0 Å². The molecule has 0 radical (unpaired) electrons. The van der Waals surface area contributed by atoms with Gasteiger partial charge in [0.05, 0.1) is 17.7 Å². The van der Waals surface area contributed by atoms with Gasteiger partial charge in [-0.2, -0.15) is 5.10 Å². The molecule has 0 aliphatic rings. The number of nitro groups is 1. The number of rotatable bonds is 4. The molecule has 88 valence electrons. The van der Waals surface area contributed by atoms with Gasteiger partial charge in [0.1, 0.15) is 17.8 Å². The van der Waals surface area contributed by atoms with E-state index in [1.54, 1.807) is 0 Å². The molecule has 2 rings (SSSR count). The lowest BCUT2D eigenvalue weighted by atomic mass is 10.4. The van der Waals surface area contributed by atoms with Gasteiger partial charge >= 0.3 is 0 Å². The lowest BCUT2D eigenvalue weighted by molar-refractivity contribution is -0.384. The van der Waals surface area contributed by atoms with Crippen LogP contribution >= 0.6 is 0 Å². The quantitative estimate of drug-likeness (QED) is 0.507. The maximum Gasteiger partial charge on any atom is 0.287 e. The van der Waals surface area contributed by atoms with Gasteiger partial charge in [0.2, 0.25) is 0 Å². The number of aromatic amines is 2. The number of carbonyl (C=O) groups is 1. The van der Waals surface area contributed by atoms with Crippen LogP contribution in [-0.4, -0.2) is 31.0 Å². The Hall–Kier alpha value is -2.71. The zero-order chi connectivity index (χ0) is 12.3. The third-order valence-corrected chi connectivity index (χ3v) is 2.00. The van der Waals surface area contributed by atoms with Crippen LogP contribution in [0.4, 0.5) is 5.69 Å². The van der Waals surface area contributed by atoms with E-state index in [0.717, 1.165) is 12.3 Å². The van der Waals surface area contributed by atoms with E-state index >= 15 is 0 Å². The molecule has 9 nitrogen and oxygen atoms in total. The first-order valence-electron chi connectivity index (χ1n) is 4.62. The van der Waals surface area contributed by atoms with Crippen LogP contribution < -0.4 is 5.32 Å². The second-order valence-electron chi connectivity index (χ2n) is 3.14. The van der Waals surface area contributed by atoms with Crippen LogP contribution in [0, 0.1) is 10.1 Å². The highest BCUT2D eigenvalue weighted by Gasteiger charge is 2.14. The van der Waals surface area contributed by atoms with Gasteiger partial charge in [-0.1, -0.05) is 0 Å². The molecule has 0 aliphatic carbocycles. The fraction of sp³-hybridized carbons (Fsp3) is 0.125. The Morgan fingerprint density at radius 3 is 3.00 bits per heavy atom. The average molecular weight is 236 g/mol. The van der Waals surface area contributed by atoms with Gasteiger partial charge in [-0.3, -0.25) is 20.0 Å². The fourth-order valence-electron chi connectivity index (χ4n) is 1.19. The van der Waals surface area contributed by atoms with Crippen LogP contribution in [0.5, 0.6) is 0 Å². The Balaban J connectivity index is 1.97. The zero-order valence-corrected chi connectivity index (χ0v) is 8.51. The van der Waals surface area contributed by atoms with Crippen molar-refractivity contribution in [3.05, 3.63) is 40.2 Å². The fourth-order valence-corrected chi connectivity index (χ4v) is 1.19. The molecule has 1 amide bonds. The summed E-state index contributed by atoms with van der Waals surface area (Å²) in [6.45, 7) is 0.172. The topological polar surface area (TPSA) is 130 Å². The van der Waals surface area contributed by atoms with E-state index in [1.165, 1.54) is 6.33 Å². The van der Waals surface area contributed by atoms with E-state index in [1.807, 2.05) is 0 Å². The Morgan fingerprint density at radius 1 is 1.59 bits per heavy atom. The number of hydrogen-bond acceptors (Lipinski definition) is 5. The molecule has 0 spiro atoms. The SMILES string of the molecule is O=C(NCc1ncn[nH]1)c1cc([N+](=O)[O-])c[nH]1. The minimum absolute atomic E-state index is 0.121. The zero-order valence-electron chi connectivity index (χ0n) is 8.51. The Kier molecular flexibility index (Phi) is 2.81. The summed E-state index contributed by atoms with van der Waals surface area (Å²) in [5.41, 5.74) is -0.0361. The minimum Gasteiger partial charge on any atom is -0.351 e. The van der Waals surface area contributed by atoms with Gasteiger partial charge < -0.3 is 10.3 Å². The Bertz CT molecular complexity index is 531. The molecular weight excluding hydrogens is 228 g/mol. The highest BCUT2D eigenvalue weighted by molar-refractivity contribution is 5.93. The molecule has 0 saturated carbocycles. The lowest BCUT2D eigenvalue weighted by Gasteiger charge is -1.99. The van der Waals surface area contributed by atoms with Gasteiger partial charge in [0, 0.05) is 6.07 Å². The first-order chi connectivity index (χ1) is 8.16. The summed E-state index contributed by atoms with van der Waals surface area (Å²) in [7, 11) is 0. The lowest BCUT2D eigenvalue weighted by Crippen LogP contribution is -2.23. The second-order valence-corrected chi connectivity index (χ2v) is 3.14. The molecule has 9 heteroatoms. The summed E-state index contributed by atoms with van der Waals surface area (Å²) in [6, 6.07) is 1.16. The number of H-pyrrole nitrogens is 2. The Labute approximate surface area is 94.4 Å². The first-order valence-corrected chi connectivity index (χ1v) is 4.62. The van der Waals surface area contributed by atoms with E-state index in [0.29, 0.717) is 5.82 Å². The minimum atomic E-state index is -0.580. The van der Waals surface area contributed by atoms with Gasteiger partial charge in [-0.15, -0.1) is 0 Å². The summed E-state index contributed by atoms with van der Waals surface area (Å²) in [4.78, 5) is 27.7. The molecule has 17 heavy (non-hydrogen) atoms. The molecule has 0 unspecified atom stereocenters. The number of nitrogens with zero attached hydrogens (tertiary/aromatic N) is 3. The molecular formula is C8H8N6O3. The molecule has 3 N–H and O–H groups in total. The molecule has 0 saturated heterocycles. The predicted molar refractivity (Wildman–Crippen MR) is 55.0 cm³/mol. The van der Waals surface area contributed by atoms with Crippen molar-refractivity contribution >= 4 is 11.6 Å². The highest BCUT2D eigenvalue weighted by Crippen LogP contribution is 2.11. The first kappa shape index (κ1) is 10.8. The molecule has 0 fully saturated rings. The van der Waals surface area contributed by atoms with Crippen LogP contribution in [0.2, 0.25) is 0 Å². The normalized spacial score (nSPS) is 10.1. The van der Waals surface area contributed by atoms with E-state index in [2.05, 4.69) is 25.5 Å². The monoisotopic (exact) mass is 236 g/mol. The summed E-state index contributed by atoms with van der Waals surface area (Å²) in [5, 5.41) is 19.1. The molecule has 0 atom stereocenters. The third-order valence-electron chi connectivity index (χ3n) is 2.00. The van der Waals surface area contributed by atoms with Crippen molar-refractivity contribution in [2.45, 2.75) is 6.54 Å². The third kappa shape index (κ3) is 2.45. The summed E-state index contributed by atoms with van der Waals surface area (Å²) < 4.78 is 0. The number of aromatic nitrogens is 4. The Morgan fingerprint density at radius 2 is 2.41 bits per heavy atom. The summed E-state index contributed by atoms with van der Waals surface area (Å²) in [5.74, 6) is 0.0499. The van der Waals surface area contributed by atoms with Gasteiger partial charge in [-0.05, 0) is 0 Å². The number of carbonyl (C=O) groups excluding carboxylic acids is 1. The average Bonchev–Trinajstić information content (AvgIpc) is 2.96. The number of hydrogen-bond donors (Lipinski definition) is 3. The van der Waals surface area contributed by atoms with Crippen LogP contribution in [-0.2, 0) is 6.54 Å². The van der Waals surface area contributed by atoms with E-state index < -0.39 is 10.8 Å². The van der Waals surface area contributed by atoms with Crippen molar-refractivity contribution in [1.29, 1.82) is 0 Å². The van der Waals surface area contributed by atoms with E-state index in [-0.39, 0.29) is 17.9 Å². The summed E-state index contributed by atoms with van der Waals surface area (Å²) in [6.07, 6.45) is 2.48. The van der Waals surface area contributed by atoms with Crippen molar-refractivity contribution < 1.29 is 9.72 Å². The van der Waals surface area contributed by atoms with Crippen molar-refractivity contribution in [3.8, 4) is 0 Å². The molecule has 0 bridgehead atoms. The highest BCUT2D eigenvalue weighted by atomic mass is 16.6. The van der Waals surface area contributed by atoms with E-state index in [9.17, 15) is 14.9 Å². The smallest absolute Gasteiger partial charge is 0.287 e. The van der Waals surface area contributed by atoms with Gasteiger partial charge in [-0.25, -0.2) is 4.98 Å². The van der Waals surface area contributed by atoms with Crippen LogP contribution in [0.15, 0.2) is 18.6 Å². The van der Waals surface area contributed by atoms with Crippen LogP contribution in [0.3, 0.4) is 0 Å². The molecule has 2 aromatic heterocycles.